The largest absolute Gasteiger partial charge is 0.507 e. The molecule has 1 aromatic carbocycles. The molecular weight excluding hydrogens is 269 g/mol. The van der Waals surface area contributed by atoms with E-state index < -0.39 is 5.82 Å². The lowest BCUT2D eigenvalue weighted by molar-refractivity contribution is 0.101. The normalized spacial score (nSPS) is 10.7. The number of benzene rings is 1. The fourth-order valence-electron chi connectivity index (χ4n) is 1.57. The van der Waals surface area contributed by atoms with Crippen LogP contribution in [0, 0.1) is 12.7 Å². The molecule has 2 aromatic rings. The standard InChI is InChI=1S/C13H12FNO3S/c1-7-5-18-13(15-7)19-6-9-3-10(14)4-11(8(2)16)12(9)17/h3-5,17H,6H2,1-2H3. The van der Waals surface area contributed by atoms with Gasteiger partial charge in [-0.1, -0.05) is 11.8 Å². The molecule has 4 nitrogen and oxygen atoms in total. The maximum atomic E-state index is 13.4. The number of carbonyl (C=O) groups excluding carboxylic acids is 1. The number of ketones is 1. The smallest absolute Gasteiger partial charge is 0.256 e. The van der Waals surface area contributed by atoms with Crippen molar-refractivity contribution in [2.75, 3.05) is 0 Å². The first-order valence-corrected chi connectivity index (χ1v) is 6.53. The average Bonchev–Trinajstić information content (AvgIpc) is 2.75. The van der Waals surface area contributed by atoms with Crippen molar-refractivity contribution < 1.29 is 18.7 Å². The number of carbonyl (C=O) groups is 1. The zero-order valence-electron chi connectivity index (χ0n) is 10.4. The van der Waals surface area contributed by atoms with Crippen LogP contribution in [0.5, 0.6) is 5.75 Å². The van der Waals surface area contributed by atoms with Gasteiger partial charge in [0.05, 0.1) is 11.3 Å². The van der Waals surface area contributed by atoms with Crippen LogP contribution in [0.3, 0.4) is 0 Å². The van der Waals surface area contributed by atoms with E-state index in [1.165, 1.54) is 31.0 Å². The van der Waals surface area contributed by atoms with Crippen LogP contribution >= 0.6 is 11.8 Å². The van der Waals surface area contributed by atoms with E-state index in [0.29, 0.717) is 10.8 Å². The van der Waals surface area contributed by atoms with Gasteiger partial charge in [-0.25, -0.2) is 9.37 Å². The second-order valence-electron chi connectivity index (χ2n) is 4.06. The molecule has 0 saturated carbocycles. The molecule has 2 rings (SSSR count). The average molecular weight is 281 g/mol. The molecule has 0 aliphatic heterocycles. The number of phenols is 1. The summed E-state index contributed by atoms with van der Waals surface area (Å²) in [5.74, 6) is -0.855. The summed E-state index contributed by atoms with van der Waals surface area (Å²) < 4.78 is 18.5. The number of halogens is 1. The molecule has 19 heavy (non-hydrogen) atoms. The second kappa shape index (κ2) is 5.44. The first-order valence-electron chi connectivity index (χ1n) is 5.54. The van der Waals surface area contributed by atoms with Crippen molar-refractivity contribution >= 4 is 17.5 Å². The highest BCUT2D eigenvalue weighted by molar-refractivity contribution is 7.98. The number of hydrogen-bond acceptors (Lipinski definition) is 5. The number of aryl methyl sites for hydroxylation is 1. The third-order valence-corrected chi connectivity index (χ3v) is 3.37. The molecule has 6 heteroatoms. The molecule has 0 aliphatic rings. The fraction of sp³-hybridized carbons (Fsp3) is 0.231. The molecule has 100 valence electrons. The number of aromatic nitrogens is 1. The van der Waals surface area contributed by atoms with E-state index in [-0.39, 0.29) is 22.8 Å². The summed E-state index contributed by atoms with van der Waals surface area (Å²) in [7, 11) is 0. The van der Waals surface area contributed by atoms with E-state index >= 15 is 0 Å². The van der Waals surface area contributed by atoms with Gasteiger partial charge < -0.3 is 9.52 Å². The molecule has 0 unspecified atom stereocenters. The third-order valence-electron chi connectivity index (χ3n) is 2.48. The van der Waals surface area contributed by atoms with Gasteiger partial charge in [-0.15, -0.1) is 0 Å². The predicted octanol–water partition coefficient (Wildman–Crippen LogP) is 3.32. The summed E-state index contributed by atoms with van der Waals surface area (Å²) in [4.78, 5) is 15.4. The van der Waals surface area contributed by atoms with Crippen molar-refractivity contribution in [3.05, 3.63) is 41.0 Å². The van der Waals surface area contributed by atoms with Crippen LogP contribution in [-0.4, -0.2) is 15.9 Å². The van der Waals surface area contributed by atoms with E-state index in [4.69, 9.17) is 4.42 Å². The molecule has 1 N–H and O–H groups in total. The number of hydrogen-bond donors (Lipinski definition) is 1. The van der Waals surface area contributed by atoms with Crippen LogP contribution in [0.15, 0.2) is 28.0 Å². The van der Waals surface area contributed by atoms with Crippen LogP contribution in [0.2, 0.25) is 0 Å². The van der Waals surface area contributed by atoms with Gasteiger partial charge in [0.2, 0.25) is 0 Å². The van der Waals surface area contributed by atoms with E-state index in [9.17, 15) is 14.3 Å². The number of nitrogens with zero attached hydrogens (tertiary/aromatic N) is 1. The van der Waals surface area contributed by atoms with E-state index in [2.05, 4.69) is 4.98 Å². The SMILES string of the molecule is CC(=O)c1cc(F)cc(CSc2nc(C)co2)c1O. The molecule has 0 atom stereocenters. The highest BCUT2D eigenvalue weighted by atomic mass is 32.2. The third kappa shape index (κ3) is 3.14. The Hall–Kier alpha value is -1.82. The Bertz CT molecular complexity index is 624. The summed E-state index contributed by atoms with van der Waals surface area (Å²) in [6.45, 7) is 3.07. The Morgan fingerprint density at radius 3 is 2.84 bits per heavy atom. The van der Waals surface area contributed by atoms with Crippen molar-refractivity contribution in [3.63, 3.8) is 0 Å². The highest BCUT2D eigenvalue weighted by Crippen LogP contribution is 2.30. The molecule has 0 aliphatic carbocycles. The monoisotopic (exact) mass is 281 g/mol. The van der Waals surface area contributed by atoms with Crippen LogP contribution in [0.25, 0.3) is 0 Å². The molecule has 0 fully saturated rings. The summed E-state index contributed by atoms with van der Waals surface area (Å²) in [5.41, 5.74) is 1.07. The molecular formula is C13H12FNO3S. The van der Waals surface area contributed by atoms with Gasteiger partial charge in [0.25, 0.3) is 5.22 Å². The Morgan fingerprint density at radius 1 is 1.53 bits per heavy atom. The lowest BCUT2D eigenvalue weighted by Crippen LogP contribution is -1.97. The topological polar surface area (TPSA) is 63.3 Å². The molecule has 0 amide bonds. The minimum absolute atomic E-state index is 0.0146. The molecule has 1 aromatic heterocycles. The van der Waals surface area contributed by atoms with Gasteiger partial charge in [0, 0.05) is 11.3 Å². The van der Waals surface area contributed by atoms with E-state index in [0.717, 1.165) is 11.8 Å². The maximum absolute atomic E-state index is 13.4. The lowest BCUT2D eigenvalue weighted by atomic mass is 10.1. The van der Waals surface area contributed by atoms with Gasteiger partial charge in [-0.05, 0) is 26.0 Å². The fourth-order valence-corrected chi connectivity index (χ4v) is 2.40. The van der Waals surface area contributed by atoms with Gasteiger partial charge in [-0.3, -0.25) is 4.79 Å². The first kappa shape index (κ1) is 13.6. The van der Waals surface area contributed by atoms with E-state index in [1.807, 2.05) is 0 Å². The van der Waals surface area contributed by atoms with Crippen LogP contribution in [0.1, 0.15) is 28.5 Å². The Labute approximate surface area is 113 Å². The van der Waals surface area contributed by atoms with Gasteiger partial charge >= 0.3 is 0 Å². The van der Waals surface area contributed by atoms with E-state index in [1.54, 1.807) is 6.92 Å². The molecule has 0 spiro atoms. The second-order valence-corrected chi connectivity index (χ2v) is 4.99. The Morgan fingerprint density at radius 2 is 2.26 bits per heavy atom. The minimum Gasteiger partial charge on any atom is -0.507 e. The van der Waals surface area contributed by atoms with Crippen molar-refractivity contribution in [1.82, 2.24) is 4.98 Å². The summed E-state index contributed by atoms with van der Waals surface area (Å²) >= 11 is 1.22. The number of oxazole rings is 1. The van der Waals surface area contributed by atoms with Crippen molar-refractivity contribution in [2.24, 2.45) is 0 Å². The van der Waals surface area contributed by atoms with Crippen LogP contribution < -0.4 is 0 Å². The number of Topliss-reactive ketones (excluding diaryl/α,β-unsaturated/α-hetero) is 1. The number of rotatable bonds is 4. The maximum Gasteiger partial charge on any atom is 0.256 e. The zero-order chi connectivity index (χ0) is 14.0. The van der Waals surface area contributed by atoms with Crippen LogP contribution in [0.4, 0.5) is 4.39 Å². The molecule has 0 radical (unpaired) electrons. The lowest BCUT2D eigenvalue weighted by Gasteiger charge is -2.07. The highest BCUT2D eigenvalue weighted by Gasteiger charge is 2.14. The minimum atomic E-state index is -0.554. The molecule has 0 saturated heterocycles. The van der Waals surface area contributed by atoms with Gasteiger partial charge in [-0.2, -0.15) is 0 Å². The summed E-state index contributed by atoms with van der Waals surface area (Å²) in [6, 6.07) is 2.23. The number of phenolic OH excluding ortho intramolecular Hbond substituents is 1. The Kier molecular flexibility index (Phi) is 3.90. The number of aromatic hydroxyl groups is 1. The quantitative estimate of drug-likeness (QED) is 0.688. The molecule has 0 bridgehead atoms. The zero-order valence-corrected chi connectivity index (χ0v) is 11.3. The van der Waals surface area contributed by atoms with Crippen molar-refractivity contribution in [1.29, 1.82) is 0 Å². The van der Waals surface area contributed by atoms with Crippen LogP contribution in [-0.2, 0) is 5.75 Å². The Balaban J connectivity index is 2.22. The van der Waals surface area contributed by atoms with Gasteiger partial charge in [0.15, 0.2) is 5.78 Å². The predicted molar refractivity (Wildman–Crippen MR) is 68.9 cm³/mol. The summed E-state index contributed by atoms with van der Waals surface area (Å²) in [5, 5.41) is 10.4. The first-order chi connectivity index (χ1) is 8.97. The summed E-state index contributed by atoms with van der Waals surface area (Å²) in [6.07, 6.45) is 1.51. The number of thioether (sulfide) groups is 1. The van der Waals surface area contributed by atoms with Crippen molar-refractivity contribution in [3.8, 4) is 5.75 Å². The molecule has 1 heterocycles. The van der Waals surface area contributed by atoms with Crippen molar-refractivity contribution in [2.45, 2.75) is 24.8 Å². The van der Waals surface area contributed by atoms with Gasteiger partial charge in [0.1, 0.15) is 17.8 Å².